The predicted octanol–water partition coefficient (Wildman–Crippen LogP) is 0.973. The van der Waals surface area contributed by atoms with Crippen LogP contribution < -0.4 is 0 Å². The molecule has 0 amide bonds. The summed E-state index contributed by atoms with van der Waals surface area (Å²) in [6, 6.07) is 0. The lowest BCUT2D eigenvalue weighted by molar-refractivity contribution is 0.181. The molecule has 1 aliphatic heterocycles. The summed E-state index contributed by atoms with van der Waals surface area (Å²) in [6.45, 7) is 4.35. The molecule has 1 N–H and O–H groups in total. The molecule has 0 aliphatic carbocycles. The zero-order valence-corrected chi connectivity index (χ0v) is 8.39. The van der Waals surface area contributed by atoms with Crippen LogP contribution in [0.15, 0.2) is 12.4 Å². The molecule has 4 nitrogen and oxygen atoms in total. The molecule has 2 atom stereocenters. The highest BCUT2D eigenvalue weighted by molar-refractivity contribution is 5.06. The normalized spacial score (nSPS) is 24.0. The van der Waals surface area contributed by atoms with Gasteiger partial charge in [-0.1, -0.05) is 0 Å². The Morgan fingerprint density at radius 2 is 2.64 bits per heavy atom. The minimum absolute atomic E-state index is 0.427. The standard InChI is InChI=1S/C10H16N2O2/c1-8(13)10-4-11-12(6-10)5-9-2-3-14-7-9/h4,6,8-9,13H,2-3,5,7H2,1H3. The fourth-order valence-corrected chi connectivity index (χ4v) is 1.69. The Kier molecular flexibility index (Phi) is 2.84. The van der Waals surface area contributed by atoms with E-state index in [1.54, 1.807) is 13.1 Å². The van der Waals surface area contributed by atoms with Gasteiger partial charge in [0, 0.05) is 30.8 Å². The van der Waals surface area contributed by atoms with E-state index >= 15 is 0 Å². The summed E-state index contributed by atoms with van der Waals surface area (Å²) in [6.07, 6.45) is 4.32. The van der Waals surface area contributed by atoms with Crippen LogP contribution in [0.25, 0.3) is 0 Å². The second-order valence-corrected chi connectivity index (χ2v) is 3.90. The van der Waals surface area contributed by atoms with Crippen LogP contribution >= 0.6 is 0 Å². The van der Waals surface area contributed by atoms with Crippen LogP contribution in [-0.2, 0) is 11.3 Å². The second kappa shape index (κ2) is 4.11. The van der Waals surface area contributed by atoms with E-state index in [-0.39, 0.29) is 0 Å². The number of rotatable bonds is 3. The summed E-state index contributed by atoms with van der Waals surface area (Å²) < 4.78 is 7.18. The van der Waals surface area contributed by atoms with Crippen LogP contribution in [0.3, 0.4) is 0 Å². The lowest BCUT2D eigenvalue weighted by Crippen LogP contribution is -2.10. The van der Waals surface area contributed by atoms with Gasteiger partial charge in [-0.15, -0.1) is 0 Å². The summed E-state index contributed by atoms with van der Waals surface area (Å²) in [5.74, 6) is 0.580. The van der Waals surface area contributed by atoms with Crippen LogP contribution in [0.2, 0.25) is 0 Å². The molecule has 1 aromatic heterocycles. The topological polar surface area (TPSA) is 47.3 Å². The van der Waals surface area contributed by atoms with E-state index in [2.05, 4.69) is 5.10 Å². The molecular formula is C10H16N2O2. The molecule has 2 unspecified atom stereocenters. The number of hydrogen-bond donors (Lipinski definition) is 1. The van der Waals surface area contributed by atoms with Gasteiger partial charge in [-0.25, -0.2) is 0 Å². The molecule has 0 saturated carbocycles. The Balaban J connectivity index is 1.95. The van der Waals surface area contributed by atoms with Gasteiger partial charge in [0.1, 0.15) is 0 Å². The third-order valence-corrected chi connectivity index (χ3v) is 2.60. The first kappa shape index (κ1) is 9.68. The maximum absolute atomic E-state index is 9.32. The summed E-state index contributed by atoms with van der Waals surface area (Å²) in [4.78, 5) is 0. The molecule has 14 heavy (non-hydrogen) atoms. The van der Waals surface area contributed by atoms with E-state index in [1.807, 2.05) is 10.9 Å². The van der Waals surface area contributed by atoms with E-state index in [1.165, 1.54) is 0 Å². The Morgan fingerprint density at radius 3 is 3.21 bits per heavy atom. The predicted molar refractivity (Wildman–Crippen MR) is 51.8 cm³/mol. The molecule has 0 aromatic carbocycles. The van der Waals surface area contributed by atoms with E-state index in [4.69, 9.17) is 4.74 Å². The molecule has 0 bridgehead atoms. The lowest BCUT2D eigenvalue weighted by atomic mass is 10.1. The SMILES string of the molecule is CC(O)c1cnn(CC2CCOC2)c1. The number of hydrogen-bond acceptors (Lipinski definition) is 3. The van der Waals surface area contributed by atoms with Gasteiger partial charge in [0.2, 0.25) is 0 Å². The minimum Gasteiger partial charge on any atom is -0.389 e. The molecule has 0 radical (unpaired) electrons. The van der Waals surface area contributed by atoms with Crippen molar-refractivity contribution < 1.29 is 9.84 Å². The summed E-state index contributed by atoms with van der Waals surface area (Å²) in [7, 11) is 0. The zero-order chi connectivity index (χ0) is 9.97. The molecule has 2 rings (SSSR count). The Labute approximate surface area is 83.5 Å². The molecule has 1 saturated heterocycles. The second-order valence-electron chi connectivity index (χ2n) is 3.90. The molecule has 4 heteroatoms. The molecule has 2 heterocycles. The van der Waals surface area contributed by atoms with Crippen molar-refractivity contribution in [3.05, 3.63) is 18.0 Å². The van der Waals surface area contributed by atoms with Crippen molar-refractivity contribution in [3.63, 3.8) is 0 Å². The van der Waals surface area contributed by atoms with Gasteiger partial charge in [0.25, 0.3) is 0 Å². The van der Waals surface area contributed by atoms with Crippen molar-refractivity contribution in [2.45, 2.75) is 26.0 Å². The molecule has 0 spiro atoms. The van der Waals surface area contributed by atoms with Crippen molar-refractivity contribution in [3.8, 4) is 0 Å². The number of aromatic nitrogens is 2. The van der Waals surface area contributed by atoms with Gasteiger partial charge in [-0.05, 0) is 13.3 Å². The maximum atomic E-state index is 9.32. The molecular weight excluding hydrogens is 180 g/mol. The van der Waals surface area contributed by atoms with E-state index in [0.717, 1.165) is 31.7 Å². The van der Waals surface area contributed by atoms with E-state index in [0.29, 0.717) is 5.92 Å². The van der Waals surface area contributed by atoms with Crippen LogP contribution in [-0.4, -0.2) is 28.1 Å². The zero-order valence-electron chi connectivity index (χ0n) is 8.39. The maximum Gasteiger partial charge on any atom is 0.0792 e. The monoisotopic (exact) mass is 196 g/mol. The highest BCUT2D eigenvalue weighted by Gasteiger charge is 2.16. The first-order chi connectivity index (χ1) is 6.75. The van der Waals surface area contributed by atoms with Crippen LogP contribution in [0.5, 0.6) is 0 Å². The number of ether oxygens (including phenoxy) is 1. The number of nitrogens with zero attached hydrogens (tertiary/aromatic N) is 2. The molecule has 1 aromatic rings. The Bertz CT molecular complexity index is 290. The van der Waals surface area contributed by atoms with Crippen LogP contribution in [0.1, 0.15) is 25.0 Å². The third-order valence-electron chi connectivity index (χ3n) is 2.60. The quantitative estimate of drug-likeness (QED) is 0.783. The highest BCUT2D eigenvalue weighted by atomic mass is 16.5. The van der Waals surface area contributed by atoms with Crippen molar-refractivity contribution >= 4 is 0 Å². The number of aliphatic hydroxyl groups excluding tert-OH is 1. The van der Waals surface area contributed by atoms with Crippen LogP contribution in [0, 0.1) is 5.92 Å². The fraction of sp³-hybridized carbons (Fsp3) is 0.700. The molecule has 1 aliphatic rings. The van der Waals surface area contributed by atoms with E-state index in [9.17, 15) is 5.11 Å². The summed E-state index contributed by atoms with van der Waals surface area (Å²) in [5.41, 5.74) is 0.879. The third kappa shape index (κ3) is 2.13. The van der Waals surface area contributed by atoms with Crippen molar-refractivity contribution in [1.29, 1.82) is 0 Å². The van der Waals surface area contributed by atoms with Gasteiger partial charge in [-0.3, -0.25) is 4.68 Å². The highest BCUT2D eigenvalue weighted by Crippen LogP contribution is 2.16. The molecule has 78 valence electrons. The largest absolute Gasteiger partial charge is 0.389 e. The lowest BCUT2D eigenvalue weighted by Gasteiger charge is -2.06. The van der Waals surface area contributed by atoms with Gasteiger partial charge < -0.3 is 9.84 Å². The smallest absolute Gasteiger partial charge is 0.0792 e. The first-order valence-electron chi connectivity index (χ1n) is 5.04. The number of aliphatic hydroxyl groups is 1. The fourth-order valence-electron chi connectivity index (χ4n) is 1.69. The first-order valence-corrected chi connectivity index (χ1v) is 5.04. The minimum atomic E-state index is -0.427. The van der Waals surface area contributed by atoms with E-state index < -0.39 is 6.10 Å². The average molecular weight is 196 g/mol. The van der Waals surface area contributed by atoms with Gasteiger partial charge in [0.15, 0.2) is 0 Å². The van der Waals surface area contributed by atoms with Crippen molar-refractivity contribution in [2.24, 2.45) is 5.92 Å². The summed E-state index contributed by atoms with van der Waals surface area (Å²) in [5, 5.41) is 13.5. The Hall–Kier alpha value is -0.870. The van der Waals surface area contributed by atoms with Gasteiger partial charge in [0.05, 0.1) is 18.9 Å². The van der Waals surface area contributed by atoms with Gasteiger partial charge >= 0.3 is 0 Å². The summed E-state index contributed by atoms with van der Waals surface area (Å²) >= 11 is 0. The van der Waals surface area contributed by atoms with Crippen molar-refractivity contribution in [1.82, 2.24) is 9.78 Å². The average Bonchev–Trinajstić information content (AvgIpc) is 2.75. The van der Waals surface area contributed by atoms with Gasteiger partial charge in [-0.2, -0.15) is 5.10 Å². The van der Waals surface area contributed by atoms with Crippen molar-refractivity contribution in [2.75, 3.05) is 13.2 Å². The molecule has 1 fully saturated rings. The van der Waals surface area contributed by atoms with Crippen LogP contribution in [0.4, 0.5) is 0 Å². The Morgan fingerprint density at radius 1 is 1.79 bits per heavy atom.